The lowest BCUT2D eigenvalue weighted by atomic mass is 10.1. The smallest absolute Gasteiger partial charge is 0.306 e. The van der Waals surface area contributed by atoms with Gasteiger partial charge in [-0.15, -0.1) is 0 Å². The number of carbonyl (C=O) groups is 2. The number of ether oxygens (including phenoxy) is 2. The van der Waals surface area contributed by atoms with Crippen LogP contribution in [-0.4, -0.2) is 24.1 Å². The van der Waals surface area contributed by atoms with Crippen LogP contribution in [-0.2, 0) is 19.1 Å². The third kappa shape index (κ3) is 9.82. The minimum Gasteiger partial charge on any atom is -0.463 e. The van der Waals surface area contributed by atoms with E-state index in [2.05, 4.69) is 6.92 Å². The maximum atomic E-state index is 11.6. The first kappa shape index (κ1) is 18.9. The van der Waals surface area contributed by atoms with Crippen LogP contribution in [0.1, 0.15) is 79.1 Å². The van der Waals surface area contributed by atoms with Crippen molar-refractivity contribution >= 4 is 11.9 Å². The van der Waals surface area contributed by atoms with Gasteiger partial charge in [-0.3, -0.25) is 9.59 Å². The van der Waals surface area contributed by atoms with Gasteiger partial charge in [0.2, 0.25) is 0 Å². The molecule has 118 valence electrons. The van der Waals surface area contributed by atoms with Crippen molar-refractivity contribution in [2.24, 2.45) is 0 Å². The predicted molar refractivity (Wildman–Crippen MR) is 79.4 cm³/mol. The van der Waals surface area contributed by atoms with Crippen LogP contribution in [0, 0.1) is 0 Å². The number of hydrogen-bond acceptors (Lipinski definition) is 4. The molecule has 4 heteroatoms. The third-order valence-electron chi connectivity index (χ3n) is 3.29. The molecule has 0 aromatic carbocycles. The number of carbonyl (C=O) groups excluding carboxylic acids is 2. The molecule has 0 radical (unpaired) electrons. The lowest BCUT2D eigenvalue weighted by molar-refractivity contribution is -0.156. The minimum atomic E-state index is -0.311. The second-order valence-corrected chi connectivity index (χ2v) is 5.22. The third-order valence-corrected chi connectivity index (χ3v) is 3.29. The Hall–Kier alpha value is -1.06. The monoisotopic (exact) mass is 286 g/mol. The van der Waals surface area contributed by atoms with Crippen molar-refractivity contribution < 1.29 is 19.1 Å². The van der Waals surface area contributed by atoms with E-state index in [0.717, 1.165) is 38.5 Å². The van der Waals surface area contributed by atoms with E-state index in [1.165, 1.54) is 0 Å². The topological polar surface area (TPSA) is 52.6 Å². The van der Waals surface area contributed by atoms with Crippen LogP contribution in [0.2, 0.25) is 0 Å². The van der Waals surface area contributed by atoms with Crippen molar-refractivity contribution in [2.45, 2.75) is 91.3 Å². The molecule has 1 unspecified atom stereocenters. The van der Waals surface area contributed by atoms with Gasteiger partial charge in [0.15, 0.2) is 0 Å². The van der Waals surface area contributed by atoms with Gasteiger partial charge in [-0.05, 0) is 32.6 Å². The Morgan fingerprint density at radius 3 is 1.95 bits per heavy atom. The van der Waals surface area contributed by atoms with Crippen LogP contribution in [0.25, 0.3) is 0 Å². The van der Waals surface area contributed by atoms with Crippen LogP contribution in [0.4, 0.5) is 0 Å². The van der Waals surface area contributed by atoms with Gasteiger partial charge in [0, 0.05) is 0 Å². The average Bonchev–Trinajstić information content (AvgIpc) is 2.42. The lowest BCUT2D eigenvalue weighted by Crippen LogP contribution is -2.19. The van der Waals surface area contributed by atoms with E-state index in [0.29, 0.717) is 0 Å². The van der Waals surface area contributed by atoms with E-state index < -0.39 is 0 Å². The summed E-state index contributed by atoms with van der Waals surface area (Å²) in [5.74, 6) is -0.621. The van der Waals surface area contributed by atoms with Crippen molar-refractivity contribution in [3.8, 4) is 0 Å². The molecule has 0 heterocycles. The number of hydrogen-bond donors (Lipinski definition) is 0. The highest BCUT2D eigenvalue weighted by Gasteiger charge is 2.14. The van der Waals surface area contributed by atoms with Gasteiger partial charge in [0.1, 0.15) is 6.10 Å². The summed E-state index contributed by atoms with van der Waals surface area (Å²) in [5.41, 5.74) is 0. The summed E-state index contributed by atoms with van der Waals surface area (Å²) in [5, 5.41) is 0. The Morgan fingerprint density at radius 1 is 0.900 bits per heavy atom. The standard InChI is InChI=1S/C16H30O4/c1-5-8-9-10-13(4)19-15(17)11-12-16(18)20-14(6-2)7-3/h13-14H,5-12H2,1-4H3. The molecule has 0 spiro atoms. The highest BCUT2D eigenvalue weighted by Crippen LogP contribution is 2.09. The summed E-state index contributed by atoms with van der Waals surface area (Å²) in [6.07, 6.45) is 6.00. The van der Waals surface area contributed by atoms with E-state index in [9.17, 15) is 9.59 Å². The predicted octanol–water partition coefficient (Wildman–Crippen LogP) is 4.01. The molecule has 0 bridgehead atoms. The maximum Gasteiger partial charge on any atom is 0.306 e. The lowest BCUT2D eigenvalue weighted by Gasteiger charge is -2.15. The molecular weight excluding hydrogens is 256 g/mol. The minimum absolute atomic E-state index is 0.0357. The van der Waals surface area contributed by atoms with Crippen molar-refractivity contribution in [3.05, 3.63) is 0 Å². The van der Waals surface area contributed by atoms with Gasteiger partial charge in [0.25, 0.3) is 0 Å². The summed E-state index contributed by atoms with van der Waals surface area (Å²) in [7, 11) is 0. The number of esters is 2. The summed E-state index contributed by atoms with van der Waals surface area (Å²) in [6.45, 7) is 8.00. The largest absolute Gasteiger partial charge is 0.463 e. The molecule has 0 aromatic rings. The van der Waals surface area contributed by atoms with E-state index in [1.807, 2.05) is 20.8 Å². The normalized spacial score (nSPS) is 12.2. The van der Waals surface area contributed by atoms with Crippen molar-refractivity contribution in [1.82, 2.24) is 0 Å². The molecule has 0 saturated carbocycles. The molecule has 0 aliphatic heterocycles. The zero-order valence-electron chi connectivity index (χ0n) is 13.4. The zero-order chi connectivity index (χ0) is 15.4. The van der Waals surface area contributed by atoms with Crippen LogP contribution >= 0.6 is 0 Å². The van der Waals surface area contributed by atoms with Gasteiger partial charge in [-0.25, -0.2) is 0 Å². The Balaban J connectivity index is 3.78. The molecule has 0 aromatic heterocycles. The Labute approximate surface area is 123 Å². The number of rotatable bonds is 11. The Bertz CT molecular complexity index is 272. The highest BCUT2D eigenvalue weighted by molar-refractivity contribution is 5.77. The highest BCUT2D eigenvalue weighted by atomic mass is 16.5. The molecule has 0 fully saturated rings. The Morgan fingerprint density at radius 2 is 1.45 bits per heavy atom. The molecule has 20 heavy (non-hydrogen) atoms. The first-order valence-corrected chi connectivity index (χ1v) is 7.92. The molecule has 0 rings (SSSR count). The van der Waals surface area contributed by atoms with Crippen molar-refractivity contribution in [1.29, 1.82) is 0 Å². The summed E-state index contributed by atoms with van der Waals surface area (Å²) >= 11 is 0. The van der Waals surface area contributed by atoms with Gasteiger partial charge in [-0.1, -0.05) is 33.6 Å². The van der Waals surface area contributed by atoms with Gasteiger partial charge < -0.3 is 9.47 Å². The van der Waals surface area contributed by atoms with E-state index in [-0.39, 0.29) is 37.0 Å². The van der Waals surface area contributed by atoms with Crippen molar-refractivity contribution in [3.63, 3.8) is 0 Å². The maximum absolute atomic E-state index is 11.6. The Kier molecular flexibility index (Phi) is 11.1. The quantitative estimate of drug-likeness (QED) is 0.425. The van der Waals surface area contributed by atoms with Crippen LogP contribution in [0.15, 0.2) is 0 Å². The first-order valence-electron chi connectivity index (χ1n) is 7.92. The second-order valence-electron chi connectivity index (χ2n) is 5.22. The van der Waals surface area contributed by atoms with Crippen molar-refractivity contribution in [2.75, 3.05) is 0 Å². The molecule has 0 saturated heterocycles. The van der Waals surface area contributed by atoms with Crippen LogP contribution in [0.5, 0.6) is 0 Å². The van der Waals surface area contributed by atoms with Crippen LogP contribution < -0.4 is 0 Å². The van der Waals surface area contributed by atoms with Gasteiger partial charge in [0.05, 0.1) is 18.9 Å². The fourth-order valence-electron chi connectivity index (χ4n) is 1.93. The fraction of sp³-hybridized carbons (Fsp3) is 0.875. The first-order chi connectivity index (χ1) is 9.53. The van der Waals surface area contributed by atoms with Gasteiger partial charge >= 0.3 is 11.9 Å². The van der Waals surface area contributed by atoms with E-state index >= 15 is 0 Å². The second kappa shape index (κ2) is 11.7. The van der Waals surface area contributed by atoms with E-state index in [1.54, 1.807) is 0 Å². The van der Waals surface area contributed by atoms with Gasteiger partial charge in [-0.2, -0.15) is 0 Å². The molecule has 0 aliphatic carbocycles. The summed E-state index contributed by atoms with van der Waals surface area (Å²) in [6, 6.07) is 0. The molecule has 0 amide bonds. The van der Waals surface area contributed by atoms with Crippen LogP contribution in [0.3, 0.4) is 0 Å². The zero-order valence-corrected chi connectivity index (χ0v) is 13.4. The average molecular weight is 286 g/mol. The molecule has 0 N–H and O–H groups in total. The molecule has 0 aliphatic rings. The summed E-state index contributed by atoms with van der Waals surface area (Å²) in [4.78, 5) is 23.1. The molecule has 1 atom stereocenters. The SMILES string of the molecule is CCCCCC(C)OC(=O)CCC(=O)OC(CC)CC. The summed E-state index contributed by atoms with van der Waals surface area (Å²) < 4.78 is 10.5. The van der Waals surface area contributed by atoms with E-state index in [4.69, 9.17) is 9.47 Å². The molecular formula is C16H30O4. The number of unbranched alkanes of at least 4 members (excludes halogenated alkanes) is 2. The molecule has 4 nitrogen and oxygen atoms in total. The fourth-order valence-corrected chi connectivity index (χ4v) is 1.93.